The minimum Gasteiger partial charge on any atom is -0.287 e. The quantitative estimate of drug-likeness (QED) is 0.300. The van der Waals surface area contributed by atoms with Gasteiger partial charge in [-0.05, 0) is 74.2 Å². The highest BCUT2D eigenvalue weighted by Crippen LogP contribution is 2.23. The molecule has 0 saturated heterocycles. The minimum atomic E-state index is -0.900. The van der Waals surface area contributed by atoms with Crippen LogP contribution in [0.15, 0.2) is 43.4 Å². The van der Waals surface area contributed by atoms with Crippen molar-refractivity contribution < 1.29 is 0 Å². The first-order chi connectivity index (χ1) is 18.0. The van der Waals surface area contributed by atoms with Crippen LogP contribution < -0.4 is 33.0 Å². The second-order valence-corrected chi connectivity index (χ2v) is 9.92. The molecule has 4 aromatic heterocycles. The van der Waals surface area contributed by atoms with Gasteiger partial charge in [0.1, 0.15) is 44.1 Å². The van der Waals surface area contributed by atoms with E-state index in [1.165, 1.54) is 0 Å². The van der Waals surface area contributed by atoms with Crippen LogP contribution in [0.5, 0.6) is 0 Å². The molecule has 0 aliphatic rings. The molecule has 0 unspecified atom stereocenters. The second kappa shape index (κ2) is 6.80. The van der Waals surface area contributed by atoms with Crippen molar-refractivity contribution in [2.75, 3.05) is 0 Å². The molecule has 10 nitrogen and oxygen atoms in total. The summed E-state index contributed by atoms with van der Waals surface area (Å²) in [6.45, 7) is 7.53. The van der Waals surface area contributed by atoms with Gasteiger partial charge in [-0.1, -0.05) is 0 Å². The molecule has 2 N–H and O–H groups in total. The van der Waals surface area contributed by atoms with Crippen molar-refractivity contribution in [3.63, 3.8) is 0 Å². The van der Waals surface area contributed by atoms with Gasteiger partial charge >= 0.3 is 0 Å². The first kappa shape index (κ1) is 22.1. The van der Waals surface area contributed by atoms with Crippen LogP contribution in [-0.2, 0) is 0 Å². The van der Waals surface area contributed by atoms with Gasteiger partial charge in [-0.15, -0.1) is 0 Å². The summed E-state index contributed by atoms with van der Waals surface area (Å²) in [5.74, 6) is 0. The number of hydrogen-bond donors (Lipinski definition) is 2. The van der Waals surface area contributed by atoms with Gasteiger partial charge < -0.3 is 0 Å². The molecule has 0 spiro atoms. The highest BCUT2D eigenvalue weighted by molar-refractivity contribution is 6.02. The van der Waals surface area contributed by atoms with Crippen LogP contribution in [-0.4, -0.2) is 18.8 Å². The van der Waals surface area contributed by atoms with Crippen LogP contribution >= 0.6 is 0 Å². The summed E-state index contributed by atoms with van der Waals surface area (Å²) >= 11 is 0. The number of benzene rings is 3. The molecular formula is C28H18N6O4. The number of aryl methyl sites for hydroxylation is 4. The summed E-state index contributed by atoms with van der Waals surface area (Å²) in [6, 6.07) is 7.10. The van der Waals surface area contributed by atoms with Crippen molar-refractivity contribution in [2.45, 2.75) is 27.7 Å². The van der Waals surface area contributed by atoms with Gasteiger partial charge in [0.05, 0.1) is 0 Å². The van der Waals surface area contributed by atoms with Gasteiger partial charge in [0.2, 0.25) is 10.9 Å². The third-order valence-corrected chi connectivity index (χ3v) is 7.76. The summed E-state index contributed by atoms with van der Waals surface area (Å²) in [6.07, 6.45) is 0. The third-order valence-electron chi connectivity index (χ3n) is 7.76. The Labute approximate surface area is 210 Å². The van der Waals surface area contributed by atoms with E-state index in [0.717, 1.165) is 31.1 Å². The Morgan fingerprint density at radius 3 is 1.21 bits per heavy atom. The molecular weight excluding hydrogens is 484 g/mol. The Bertz CT molecular complexity index is 2440. The molecule has 0 atom stereocenters. The Hall–Kier alpha value is -5.12. The Morgan fingerprint density at radius 1 is 0.553 bits per heavy atom. The maximum absolute atomic E-state index is 13.7. The van der Waals surface area contributed by atoms with Crippen LogP contribution in [0.2, 0.25) is 0 Å². The monoisotopic (exact) mass is 502 g/mol. The molecule has 0 aliphatic heterocycles. The summed E-state index contributed by atoms with van der Waals surface area (Å²) in [7, 11) is 0. The van der Waals surface area contributed by atoms with Crippen LogP contribution in [0.1, 0.15) is 22.3 Å². The van der Waals surface area contributed by atoms with Gasteiger partial charge in [-0.2, -0.15) is 0 Å². The number of nitrogens with zero attached hydrogens (tertiary/aromatic N) is 4. The number of aromatic nitrogens is 4. The lowest BCUT2D eigenvalue weighted by Gasteiger charge is -2.03. The molecule has 0 bridgehead atoms. The van der Waals surface area contributed by atoms with Gasteiger partial charge in [0.15, 0.2) is 0 Å². The van der Waals surface area contributed by atoms with Gasteiger partial charge in [-0.3, -0.25) is 30.0 Å². The van der Waals surface area contributed by atoms with Crippen molar-refractivity contribution in [1.82, 2.24) is 18.8 Å². The lowest BCUT2D eigenvalue weighted by Crippen LogP contribution is -2.34. The predicted octanol–water partition coefficient (Wildman–Crippen LogP) is 1.54. The van der Waals surface area contributed by atoms with E-state index in [2.05, 4.69) is 9.97 Å². The molecule has 7 rings (SSSR count). The number of rotatable bonds is 0. The van der Waals surface area contributed by atoms with E-state index in [1.54, 1.807) is 24.3 Å². The first-order valence-corrected chi connectivity index (χ1v) is 11.9. The fraction of sp³-hybridized carbons (Fsp3) is 0.143. The predicted molar refractivity (Wildman–Crippen MR) is 143 cm³/mol. The highest BCUT2D eigenvalue weighted by atomic mass is 16.2. The Balaban J connectivity index is 1.78. The van der Waals surface area contributed by atoms with Gasteiger partial charge in [0.25, 0.3) is 11.1 Å². The van der Waals surface area contributed by atoms with Gasteiger partial charge in [-0.25, -0.2) is 18.8 Å². The first-order valence-electron chi connectivity index (χ1n) is 11.9. The van der Waals surface area contributed by atoms with E-state index in [4.69, 9.17) is 10.8 Å². The van der Waals surface area contributed by atoms with E-state index >= 15 is 0 Å². The van der Waals surface area contributed by atoms with Crippen LogP contribution in [0.25, 0.3) is 54.6 Å². The topological polar surface area (TPSA) is 151 Å². The molecule has 0 saturated carbocycles. The average molecular weight is 502 g/mol. The van der Waals surface area contributed by atoms with E-state index in [-0.39, 0.29) is 22.3 Å². The molecule has 10 heteroatoms. The van der Waals surface area contributed by atoms with E-state index in [0.29, 0.717) is 21.5 Å². The molecule has 3 aromatic carbocycles. The molecule has 0 aliphatic carbocycles. The fourth-order valence-electron chi connectivity index (χ4n) is 5.43. The van der Waals surface area contributed by atoms with Crippen LogP contribution in [0.3, 0.4) is 0 Å². The zero-order valence-corrected chi connectivity index (χ0v) is 20.7. The maximum atomic E-state index is 13.7. The molecule has 7 aromatic rings. The zero-order valence-electron chi connectivity index (χ0n) is 20.7. The average Bonchev–Trinajstić information content (AvgIpc) is 3.29. The van der Waals surface area contributed by atoms with Crippen molar-refractivity contribution in [1.29, 1.82) is 10.8 Å². The fourth-order valence-corrected chi connectivity index (χ4v) is 5.43. The normalized spacial score (nSPS) is 12.3. The summed E-state index contributed by atoms with van der Waals surface area (Å²) in [4.78, 5) is 63.4. The summed E-state index contributed by atoms with van der Waals surface area (Å²) < 4.78 is 2.05. The number of nitrogens with one attached hydrogen (secondary N) is 2. The maximum Gasteiger partial charge on any atom is 0.271 e. The van der Waals surface area contributed by atoms with Gasteiger partial charge in [0, 0.05) is 21.5 Å². The Kier molecular flexibility index (Phi) is 3.95. The Morgan fingerprint density at radius 2 is 0.868 bits per heavy atom. The number of hydrogen-bond acceptors (Lipinski definition) is 8. The van der Waals surface area contributed by atoms with Crippen LogP contribution in [0.4, 0.5) is 0 Å². The SMILES string of the molecule is Cc1cc2c(=N)n3c(=O)c4c(=O)c5nc6c7cc(C)c(C)cc7c(=N)n6c(=O)c5c(=O)c4nc3c2cc1C. The molecule has 0 amide bonds. The van der Waals surface area contributed by atoms with Crippen molar-refractivity contribution >= 4 is 54.6 Å². The lowest BCUT2D eigenvalue weighted by atomic mass is 10.1. The number of fused-ring (bicyclic) bond motifs is 8. The minimum absolute atomic E-state index is 0.0711. The molecule has 38 heavy (non-hydrogen) atoms. The van der Waals surface area contributed by atoms with Crippen molar-refractivity contribution in [3.8, 4) is 0 Å². The lowest BCUT2D eigenvalue weighted by molar-refractivity contribution is 0.990. The third kappa shape index (κ3) is 2.41. The van der Waals surface area contributed by atoms with E-state index in [1.807, 2.05) is 27.7 Å². The zero-order chi connectivity index (χ0) is 26.9. The molecule has 0 radical (unpaired) electrons. The van der Waals surface area contributed by atoms with E-state index < -0.39 is 43.8 Å². The summed E-state index contributed by atoms with van der Waals surface area (Å²) in [5.41, 5.74) is -0.875. The van der Waals surface area contributed by atoms with Crippen molar-refractivity contribution in [3.05, 3.63) is 98.6 Å². The highest BCUT2D eigenvalue weighted by Gasteiger charge is 2.25. The second-order valence-electron chi connectivity index (χ2n) is 9.92. The van der Waals surface area contributed by atoms with E-state index in [9.17, 15) is 19.2 Å². The smallest absolute Gasteiger partial charge is 0.271 e. The molecule has 184 valence electrons. The van der Waals surface area contributed by atoms with Crippen LogP contribution in [0, 0.1) is 38.5 Å². The largest absolute Gasteiger partial charge is 0.287 e. The molecule has 0 fully saturated rings. The standard InChI is InChI=1S/C28H18N6O4/c1-9-5-13-15(7-11(9)3)25-31-19-17(27(37)33(25)23(13)29)21(35)20-18(22(19)36)28(38)34-24(30)14-6-10(2)12(4)8-16(14)26(34)32-20/h5-8,29-30H,1-4H3. The van der Waals surface area contributed by atoms with Crippen molar-refractivity contribution in [2.24, 2.45) is 0 Å². The molecule has 4 heterocycles. The summed E-state index contributed by atoms with van der Waals surface area (Å²) in [5, 5.41) is 18.1.